The second-order valence-electron chi connectivity index (χ2n) is 6.41. The second kappa shape index (κ2) is 9.88. The summed E-state index contributed by atoms with van der Waals surface area (Å²) in [4.78, 5) is 28.1. The predicted octanol–water partition coefficient (Wildman–Crippen LogP) is 3.42. The Hall–Kier alpha value is -3.40. The molecular weight excluding hydrogens is 403 g/mol. The number of carbonyl (C=O) groups excluding carboxylic acids is 1. The van der Waals surface area contributed by atoms with Gasteiger partial charge in [-0.05, 0) is 38.4 Å². The molecule has 0 unspecified atom stereocenters. The number of nitrogens with one attached hydrogen (secondary N) is 1. The van der Waals surface area contributed by atoms with Crippen LogP contribution in [0.1, 0.15) is 10.4 Å². The maximum absolute atomic E-state index is 12.6. The number of halogens is 3. The van der Waals surface area contributed by atoms with Crippen LogP contribution in [0.5, 0.6) is 0 Å². The van der Waals surface area contributed by atoms with Crippen LogP contribution in [0.4, 0.5) is 13.2 Å². The van der Waals surface area contributed by atoms with Crippen molar-refractivity contribution in [2.75, 3.05) is 27.2 Å². The highest BCUT2D eigenvalue weighted by atomic mass is 19.4. The van der Waals surface area contributed by atoms with Gasteiger partial charge in [-0.15, -0.1) is 0 Å². The first kappa shape index (κ1) is 22.9. The number of fused-ring (bicyclic) bond motifs is 1. The first-order valence-electron chi connectivity index (χ1n) is 8.76. The average Bonchev–Trinajstić information content (AvgIpc) is 3.21. The summed E-state index contributed by atoms with van der Waals surface area (Å²) in [5.74, 6) is -2.20. The molecule has 0 radical (unpaired) electrons. The maximum atomic E-state index is 12.6. The van der Waals surface area contributed by atoms with Crippen molar-refractivity contribution in [3.8, 4) is 11.5 Å². The number of nitrogens with zero attached hydrogens (tertiary/aromatic N) is 2. The fourth-order valence-corrected chi connectivity index (χ4v) is 2.40. The van der Waals surface area contributed by atoms with E-state index in [0.29, 0.717) is 23.6 Å². The number of alkyl halides is 3. The van der Waals surface area contributed by atoms with Crippen LogP contribution in [0.25, 0.3) is 22.4 Å². The topological polar surface area (TPSA) is 95.7 Å². The van der Waals surface area contributed by atoms with Gasteiger partial charge in [-0.3, -0.25) is 4.79 Å². The van der Waals surface area contributed by atoms with E-state index in [2.05, 4.69) is 10.3 Å². The molecular formula is C20H20F3N3O4. The number of hydrogen-bond donors (Lipinski definition) is 2. The third-order valence-corrected chi connectivity index (χ3v) is 3.82. The van der Waals surface area contributed by atoms with Gasteiger partial charge in [0.15, 0.2) is 5.76 Å². The summed E-state index contributed by atoms with van der Waals surface area (Å²) in [6.45, 7) is 1.39. The van der Waals surface area contributed by atoms with Gasteiger partial charge in [-0.25, -0.2) is 9.78 Å². The van der Waals surface area contributed by atoms with Gasteiger partial charge in [0.2, 0.25) is 0 Å². The lowest BCUT2D eigenvalue weighted by Crippen LogP contribution is -2.31. The summed E-state index contributed by atoms with van der Waals surface area (Å²) in [6, 6.07) is 13.1. The molecule has 0 bridgehead atoms. The molecule has 0 fully saturated rings. The number of aromatic nitrogens is 1. The number of benzene rings is 1. The minimum atomic E-state index is -5.08. The Morgan fingerprint density at radius 1 is 1.17 bits per heavy atom. The fourth-order valence-electron chi connectivity index (χ4n) is 2.40. The van der Waals surface area contributed by atoms with Crippen molar-refractivity contribution in [1.82, 2.24) is 15.2 Å². The predicted molar refractivity (Wildman–Crippen MR) is 104 cm³/mol. The summed E-state index contributed by atoms with van der Waals surface area (Å²) in [6.07, 6.45) is -3.48. The molecule has 3 aromatic rings. The van der Waals surface area contributed by atoms with Crippen LogP contribution in [0.15, 0.2) is 53.1 Å². The van der Waals surface area contributed by atoms with Crippen molar-refractivity contribution in [2.24, 2.45) is 0 Å². The maximum Gasteiger partial charge on any atom is 0.490 e. The molecule has 1 amide bonds. The Morgan fingerprint density at radius 3 is 2.40 bits per heavy atom. The molecule has 0 aliphatic heterocycles. The van der Waals surface area contributed by atoms with Gasteiger partial charge in [0.1, 0.15) is 5.69 Å². The molecule has 0 saturated heterocycles. The number of hydrogen-bond acceptors (Lipinski definition) is 5. The number of furan rings is 1. The van der Waals surface area contributed by atoms with E-state index in [1.807, 2.05) is 55.4 Å². The second-order valence-corrected chi connectivity index (χ2v) is 6.41. The number of amides is 1. The first-order chi connectivity index (χ1) is 14.1. The van der Waals surface area contributed by atoms with Crippen molar-refractivity contribution < 1.29 is 32.3 Å². The molecule has 3 rings (SSSR count). The first-order valence-corrected chi connectivity index (χ1v) is 8.76. The molecule has 10 heteroatoms. The van der Waals surface area contributed by atoms with Crippen LogP contribution in [-0.4, -0.2) is 60.2 Å². The van der Waals surface area contributed by atoms with E-state index in [9.17, 15) is 18.0 Å². The molecule has 2 heterocycles. The summed E-state index contributed by atoms with van der Waals surface area (Å²) in [5, 5.41) is 10.9. The van der Waals surface area contributed by atoms with Gasteiger partial charge in [0, 0.05) is 18.5 Å². The Bertz CT molecular complexity index is 1000. The monoisotopic (exact) mass is 423 g/mol. The molecule has 7 nitrogen and oxygen atoms in total. The Morgan fingerprint density at radius 2 is 1.83 bits per heavy atom. The van der Waals surface area contributed by atoms with Crippen molar-refractivity contribution in [2.45, 2.75) is 6.18 Å². The van der Waals surface area contributed by atoms with Crippen LogP contribution < -0.4 is 5.32 Å². The van der Waals surface area contributed by atoms with E-state index in [-0.39, 0.29) is 5.91 Å². The lowest BCUT2D eigenvalue weighted by atomic mass is 10.1. The van der Waals surface area contributed by atoms with Gasteiger partial charge < -0.3 is 19.7 Å². The number of likely N-dealkylation sites (N-methyl/N-ethyl adjacent to an activating group) is 1. The number of pyridine rings is 1. The Kier molecular flexibility index (Phi) is 7.54. The summed E-state index contributed by atoms with van der Waals surface area (Å²) < 4.78 is 37.2. The Balaban J connectivity index is 0.000000396. The summed E-state index contributed by atoms with van der Waals surface area (Å²) >= 11 is 0. The standard InChI is InChI=1S/C18H19N3O2.C2HF3O2/c1-21(2)10-9-19-18(22)14-12-16(17-8-5-11-23-17)20-15-7-4-3-6-13(14)15;3-2(4,5)1(6)7/h3-8,11-12H,9-10H2,1-2H3,(H,19,22);(H,6,7). The highest BCUT2D eigenvalue weighted by molar-refractivity contribution is 6.07. The van der Waals surface area contributed by atoms with E-state index in [4.69, 9.17) is 14.3 Å². The third kappa shape index (κ3) is 6.31. The Labute approximate surface area is 170 Å². The highest BCUT2D eigenvalue weighted by Crippen LogP contribution is 2.25. The molecule has 2 aromatic heterocycles. The number of carboxylic acid groups (broad SMARTS) is 1. The fraction of sp³-hybridized carbons (Fsp3) is 0.250. The van der Waals surface area contributed by atoms with Crippen molar-refractivity contribution >= 4 is 22.8 Å². The highest BCUT2D eigenvalue weighted by Gasteiger charge is 2.38. The number of carbonyl (C=O) groups is 2. The van der Waals surface area contributed by atoms with Crippen molar-refractivity contribution in [3.05, 3.63) is 54.3 Å². The van der Waals surface area contributed by atoms with E-state index in [1.54, 1.807) is 12.3 Å². The zero-order chi connectivity index (χ0) is 22.3. The van der Waals surface area contributed by atoms with Gasteiger partial charge in [0.25, 0.3) is 5.91 Å². The van der Waals surface area contributed by atoms with Gasteiger partial charge in [-0.2, -0.15) is 13.2 Å². The molecule has 0 spiro atoms. The van der Waals surface area contributed by atoms with Crippen molar-refractivity contribution in [1.29, 1.82) is 0 Å². The molecule has 0 aliphatic rings. The summed E-state index contributed by atoms with van der Waals surface area (Å²) in [7, 11) is 3.95. The molecule has 0 aliphatic carbocycles. The number of aliphatic carboxylic acids is 1. The zero-order valence-electron chi connectivity index (χ0n) is 16.2. The van der Waals surface area contributed by atoms with E-state index < -0.39 is 12.1 Å². The van der Waals surface area contributed by atoms with E-state index in [0.717, 1.165) is 17.4 Å². The molecule has 0 saturated carbocycles. The van der Waals surface area contributed by atoms with Crippen LogP contribution in [0.2, 0.25) is 0 Å². The quantitative estimate of drug-likeness (QED) is 0.653. The number of carboxylic acids is 1. The molecule has 1 aromatic carbocycles. The van der Waals surface area contributed by atoms with Crippen LogP contribution in [0.3, 0.4) is 0 Å². The largest absolute Gasteiger partial charge is 0.490 e. The minimum absolute atomic E-state index is 0.0988. The minimum Gasteiger partial charge on any atom is -0.475 e. The van der Waals surface area contributed by atoms with E-state index >= 15 is 0 Å². The third-order valence-electron chi connectivity index (χ3n) is 3.82. The molecule has 2 N–H and O–H groups in total. The molecule has 160 valence electrons. The van der Waals surface area contributed by atoms with Crippen LogP contribution >= 0.6 is 0 Å². The number of para-hydroxylation sites is 1. The van der Waals surface area contributed by atoms with Gasteiger partial charge >= 0.3 is 12.1 Å². The zero-order valence-corrected chi connectivity index (χ0v) is 16.2. The smallest absolute Gasteiger partial charge is 0.475 e. The lowest BCUT2D eigenvalue weighted by molar-refractivity contribution is -0.192. The molecule has 30 heavy (non-hydrogen) atoms. The lowest BCUT2D eigenvalue weighted by Gasteiger charge is -2.12. The average molecular weight is 423 g/mol. The summed E-state index contributed by atoms with van der Waals surface area (Å²) in [5.41, 5.74) is 2.05. The normalized spacial score (nSPS) is 11.1. The van der Waals surface area contributed by atoms with Gasteiger partial charge in [0.05, 0.1) is 17.3 Å². The van der Waals surface area contributed by atoms with Gasteiger partial charge in [-0.1, -0.05) is 18.2 Å². The molecule has 0 atom stereocenters. The van der Waals surface area contributed by atoms with Crippen LogP contribution in [-0.2, 0) is 4.79 Å². The number of rotatable bonds is 5. The van der Waals surface area contributed by atoms with Crippen molar-refractivity contribution in [3.63, 3.8) is 0 Å². The van der Waals surface area contributed by atoms with Crippen LogP contribution in [0, 0.1) is 0 Å². The SMILES string of the molecule is CN(C)CCNC(=O)c1cc(-c2ccco2)nc2ccccc12.O=C(O)C(F)(F)F. The van der Waals surface area contributed by atoms with E-state index in [1.165, 1.54) is 0 Å².